The predicted molar refractivity (Wildman–Crippen MR) is 60.7 cm³/mol. The van der Waals surface area contributed by atoms with Gasteiger partial charge in [0.2, 0.25) is 0 Å². The molecule has 2 rings (SSSR count). The van der Waals surface area contributed by atoms with Gasteiger partial charge in [-0.2, -0.15) is 13.2 Å². The number of piperidine rings is 1. The Balaban J connectivity index is 2.08. The fourth-order valence-corrected chi connectivity index (χ4v) is 1.98. The van der Waals surface area contributed by atoms with Crippen molar-refractivity contribution in [3.63, 3.8) is 0 Å². The van der Waals surface area contributed by atoms with E-state index in [0.717, 1.165) is 12.3 Å². The summed E-state index contributed by atoms with van der Waals surface area (Å²) < 4.78 is 70.0. The van der Waals surface area contributed by atoms with Crippen LogP contribution in [0, 0.1) is 5.92 Å². The van der Waals surface area contributed by atoms with Gasteiger partial charge in [-0.05, 0) is 12.1 Å². The van der Waals surface area contributed by atoms with E-state index in [2.05, 4.69) is 10.3 Å². The van der Waals surface area contributed by atoms with Gasteiger partial charge in [0.15, 0.2) is 5.69 Å². The van der Waals surface area contributed by atoms with Crippen molar-refractivity contribution in [3.05, 3.63) is 24.0 Å². The summed E-state index contributed by atoms with van der Waals surface area (Å²) >= 11 is 0. The van der Waals surface area contributed by atoms with Crippen LogP contribution in [0.3, 0.4) is 0 Å². The molecule has 8 heteroatoms. The lowest BCUT2D eigenvalue weighted by atomic mass is 9.96. The summed E-state index contributed by atoms with van der Waals surface area (Å²) in [6.45, 7) is -0.298. The van der Waals surface area contributed by atoms with Gasteiger partial charge in [-0.25, -0.2) is 13.8 Å². The zero-order chi connectivity index (χ0) is 14.8. The van der Waals surface area contributed by atoms with Gasteiger partial charge in [0.25, 0.3) is 5.92 Å². The van der Waals surface area contributed by atoms with Gasteiger partial charge < -0.3 is 10.1 Å². The number of aromatic nitrogens is 1. The van der Waals surface area contributed by atoms with E-state index in [9.17, 15) is 22.0 Å². The third-order valence-electron chi connectivity index (χ3n) is 3.10. The molecule has 0 radical (unpaired) electrons. The van der Waals surface area contributed by atoms with Gasteiger partial charge in [-0.15, -0.1) is 0 Å². The largest absolute Gasteiger partial charge is 0.491 e. The van der Waals surface area contributed by atoms with Crippen molar-refractivity contribution < 1.29 is 26.7 Å². The van der Waals surface area contributed by atoms with E-state index in [4.69, 9.17) is 4.74 Å². The molecule has 0 amide bonds. The summed E-state index contributed by atoms with van der Waals surface area (Å²) in [6.07, 6.45) is -4.05. The highest BCUT2D eigenvalue weighted by Crippen LogP contribution is 2.35. The second-order valence-corrected chi connectivity index (χ2v) is 4.57. The maximum absolute atomic E-state index is 13.5. The maximum atomic E-state index is 13.5. The molecule has 2 heterocycles. The van der Waals surface area contributed by atoms with Crippen LogP contribution in [0.2, 0.25) is 0 Å². The van der Waals surface area contributed by atoms with Gasteiger partial charge in [0, 0.05) is 25.7 Å². The quantitative estimate of drug-likeness (QED) is 0.871. The van der Waals surface area contributed by atoms with E-state index in [-0.39, 0.29) is 19.5 Å². The van der Waals surface area contributed by atoms with E-state index in [1.165, 1.54) is 6.07 Å². The molecule has 1 unspecified atom stereocenters. The average Bonchev–Trinajstić information content (AvgIpc) is 2.36. The van der Waals surface area contributed by atoms with E-state index >= 15 is 0 Å². The topological polar surface area (TPSA) is 34.1 Å². The van der Waals surface area contributed by atoms with Crippen LogP contribution in [-0.2, 0) is 6.18 Å². The van der Waals surface area contributed by atoms with Crippen molar-refractivity contribution in [2.24, 2.45) is 5.92 Å². The summed E-state index contributed by atoms with van der Waals surface area (Å²) in [5.41, 5.74) is -1.20. The van der Waals surface area contributed by atoms with Gasteiger partial charge in [0.1, 0.15) is 5.75 Å². The number of pyridine rings is 1. The Morgan fingerprint density at radius 1 is 1.40 bits per heavy atom. The molecular weight excluding hydrogens is 283 g/mol. The number of halogens is 5. The number of alkyl halides is 5. The van der Waals surface area contributed by atoms with Gasteiger partial charge in [-0.3, -0.25) is 0 Å². The van der Waals surface area contributed by atoms with Crippen LogP contribution in [0.25, 0.3) is 0 Å². The van der Waals surface area contributed by atoms with E-state index in [0.29, 0.717) is 0 Å². The standard InChI is InChI=1S/C12H13F5N2O/c13-11(14)3-5-18-6-8(11)7-20-9-2-1-4-19-10(9)12(15,16)17/h1-2,4,8,18H,3,5-7H2. The van der Waals surface area contributed by atoms with Crippen molar-refractivity contribution in [3.8, 4) is 5.75 Å². The fourth-order valence-electron chi connectivity index (χ4n) is 1.98. The maximum Gasteiger partial charge on any atom is 0.437 e. The summed E-state index contributed by atoms with van der Waals surface area (Å²) in [5, 5.41) is 2.77. The first-order valence-corrected chi connectivity index (χ1v) is 6.04. The van der Waals surface area contributed by atoms with Crippen molar-refractivity contribution in [2.45, 2.75) is 18.5 Å². The second kappa shape index (κ2) is 5.51. The molecule has 0 saturated carbocycles. The molecule has 112 valence electrons. The molecule has 1 aliphatic heterocycles. The highest BCUT2D eigenvalue weighted by molar-refractivity contribution is 5.29. The molecule has 1 fully saturated rings. The molecule has 1 aromatic rings. The van der Waals surface area contributed by atoms with Crippen molar-refractivity contribution >= 4 is 0 Å². The fraction of sp³-hybridized carbons (Fsp3) is 0.583. The van der Waals surface area contributed by atoms with Gasteiger partial charge in [0.05, 0.1) is 12.5 Å². The summed E-state index contributed by atoms with van der Waals surface area (Å²) in [7, 11) is 0. The molecule has 0 bridgehead atoms. The van der Waals surface area contributed by atoms with Crippen LogP contribution in [0.4, 0.5) is 22.0 Å². The first kappa shape index (κ1) is 15.0. The van der Waals surface area contributed by atoms with Crippen LogP contribution in [0.5, 0.6) is 5.75 Å². The molecule has 1 aromatic heterocycles. The average molecular weight is 296 g/mol. The molecule has 0 spiro atoms. The Morgan fingerprint density at radius 3 is 2.80 bits per heavy atom. The van der Waals surface area contributed by atoms with Crippen LogP contribution >= 0.6 is 0 Å². The lowest BCUT2D eigenvalue weighted by molar-refractivity contribution is -0.143. The highest BCUT2D eigenvalue weighted by atomic mass is 19.4. The Morgan fingerprint density at radius 2 is 2.15 bits per heavy atom. The molecule has 1 N–H and O–H groups in total. The number of rotatable bonds is 3. The third-order valence-corrected chi connectivity index (χ3v) is 3.10. The third kappa shape index (κ3) is 3.36. The van der Waals surface area contributed by atoms with Gasteiger partial charge in [-0.1, -0.05) is 0 Å². The molecule has 20 heavy (non-hydrogen) atoms. The molecule has 1 aliphatic rings. The van der Waals surface area contributed by atoms with E-state index in [1.54, 1.807) is 0 Å². The lowest BCUT2D eigenvalue weighted by Gasteiger charge is -2.31. The van der Waals surface area contributed by atoms with Crippen LogP contribution in [-0.4, -0.2) is 30.6 Å². The first-order valence-electron chi connectivity index (χ1n) is 6.04. The van der Waals surface area contributed by atoms with Crippen molar-refractivity contribution in [1.82, 2.24) is 10.3 Å². The molecule has 0 aromatic carbocycles. The molecule has 0 aliphatic carbocycles. The highest BCUT2D eigenvalue weighted by Gasteiger charge is 2.42. The second-order valence-electron chi connectivity index (χ2n) is 4.57. The minimum absolute atomic E-state index is 0.00854. The zero-order valence-electron chi connectivity index (χ0n) is 10.4. The number of hydrogen-bond donors (Lipinski definition) is 1. The number of hydrogen-bond acceptors (Lipinski definition) is 3. The Kier molecular flexibility index (Phi) is 4.12. The zero-order valence-corrected chi connectivity index (χ0v) is 10.4. The Labute approximate surface area is 112 Å². The number of nitrogens with one attached hydrogen (secondary N) is 1. The smallest absolute Gasteiger partial charge is 0.437 e. The minimum Gasteiger partial charge on any atom is -0.491 e. The monoisotopic (exact) mass is 296 g/mol. The normalized spacial score (nSPS) is 22.6. The Bertz CT molecular complexity index is 463. The Hall–Kier alpha value is -1.44. The SMILES string of the molecule is FC(F)(F)c1ncccc1OCC1CNCCC1(F)F. The number of ether oxygens (including phenoxy) is 1. The van der Waals surface area contributed by atoms with Crippen molar-refractivity contribution in [2.75, 3.05) is 19.7 Å². The molecule has 1 atom stereocenters. The number of nitrogens with zero attached hydrogens (tertiary/aromatic N) is 1. The van der Waals surface area contributed by atoms with Crippen LogP contribution in [0.15, 0.2) is 18.3 Å². The molecular formula is C12H13F5N2O. The van der Waals surface area contributed by atoms with E-state index in [1.807, 2.05) is 0 Å². The minimum atomic E-state index is -4.68. The van der Waals surface area contributed by atoms with Crippen LogP contribution in [0.1, 0.15) is 12.1 Å². The predicted octanol–water partition coefficient (Wildman–Crippen LogP) is 2.72. The summed E-state index contributed by atoms with van der Waals surface area (Å²) in [6, 6.07) is 2.34. The lowest BCUT2D eigenvalue weighted by Crippen LogP contribution is -2.47. The summed E-state index contributed by atoms with van der Waals surface area (Å²) in [4.78, 5) is 3.20. The van der Waals surface area contributed by atoms with E-state index < -0.39 is 36.1 Å². The first-order chi connectivity index (χ1) is 9.31. The summed E-state index contributed by atoms with van der Waals surface area (Å²) in [5.74, 6) is -4.62. The molecule has 3 nitrogen and oxygen atoms in total. The van der Waals surface area contributed by atoms with Crippen molar-refractivity contribution in [1.29, 1.82) is 0 Å². The molecule has 1 saturated heterocycles. The van der Waals surface area contributed by atoms with Gasteiger partial charge >= 0.3 is 6.18 Å². The van der Waals surface area contributed by atoms with Crippen LogP contribution < -0.4 is 10.1 Å².